The van der Waals surface area contributed by atoms with Gasteiger partial charge in [0.05, 0.1) is 5.69 Å². The summed E-state index contributed by atoms with van der Waals surface area (Å²) in [5, 5.41) is 0. The predicted molar refractivity (Wildman–Crippen MR) is 95.0 cm³/mol. The Morgan fingerprint density at radius 3 is 2.12 bits per heavy atom. The molecule has 0 atom stereocenters. The number of fused-ring (bicyclic) bond motifs is 1. The minimum absolute atomic E-state index is 0.128. The number of para-hydroxylation sites is 1. The van der Waals surface area contributed by atoms with Crippen molar-refractivity contribution in [1.82, 2.24) is 14.5 Å². The third-order valence-corrected chi connectivity index (χ3v) is 3.94. The van der Waals surface area contributed by atoms with Crippen LogP contribution in [-0.2, 0) is 6.42 Å². The van der Waals surface area contributed by atoms with E-state index in [9.17, 15) is 4.79 Å². The molecular formula is C18H19N5O. The number of nitrogen functional groups attached to an aromatic ring is 1. The summed E-state index contributed by atoms with van der Waals surface area (Å²) in [7, 11) is 0. The fourth-order valence-corrected chi connectivity index (χ4v) is 2.54. The van der Waals surface area contributed by atoms with E-state index < -0.39 is 5.69 Å². The minimum atomic E-state index is -0.392. The summed E-state index contributed by atoms with van der Waals surface area (Å²) in [4.78, 5) is 19.9. The van der Waals surface area contributed by atoms with Gasteiger partial charge < -0.3 is 0 Å². The van der Waals surface area contributed by atoms with E-state index in [1.54, 1.807) is 6.92 Å². The van der Waals surface area contributed by atoms with Gasteiger partial charge >= 0.3 is 5.69 Å². The molecule has 0 amide bonds. The highest BCUT2D eigenvalue weighted by Gasteiger charge is 2.10. The topological polar surface area (TPSA) is 85.8 Å². The Balaban J connectivity index is 0.000000231. The highest BCUT2D eigenvalue weighted by Crippen LogP contribution is 2.29. The number of anilines is 1. The predicted octanol–water partition coefficient (Wildman–Crippen LogP) is 2.45. The van der Waals surface area contributed by atoms with E-state index in [0.717, 1.165) is 17.7 Å². The van der Waals surface area contributed by atoms with Crippen molar-refractivity contribution in [2.75, 3.05) is 5.43 Å². The van der Waals surface area contributed by atoms with Gasteiger partial charge in [-0.25, -0.2) is 15.2 Å². The second kappa shape index (κ2) is 6.64. The number of hydrazine groups is 1. The lowest BCUT2D eigenvalue weighted by Crippen LogP contribution is -2.28. The summed E-state index contributed by atoms with van der Waals surface area (Å²) in [5.41, 5.74) is 6.62. The zero-order valence-electron chi connectivity index (χ0n) is 13.7. The number of benzene rings is 2. The van der Waals surface area contributed by atoms with Crippen LogP contribution in [0.5, 0.6) is 0 Å². The van der Waals surface area contributed by atoms with Gasteiger partial charge in [0.25, 0.3) is 0 Å². The molecule has 0 radical (unpaired) electrons. The van der Waals surface area contributed by atoms with Crippen LogP contribution in [0, 0.1) is 6.92 Å². The molecule has 1 aromatic carbocycles. The van der Waals surface area contributed by atoms with Crippen molar-refractivity contribution < 1.29 is 0 Å². The molecule has 0 saturated heterocycles. The zero-order valence-corrected chi connectivity index (χ0v) is 13.7. The van der Waals surface area contributed by atoms with Gasteiger partial charge in [0.2, 0.25) is 5.95 Å². The number of nitrogens with one attached hydrogen (secondary N) is 1. The molecule has 2 aromatic rings. The number of hydrogen-bond donors (Lipinski definition) is 2. The van der Waals surface area contributed by atoms with Crippen molar-refractivity contribution in [3.05, 3.63) is 70.4 Å². The maximum absolute atomic E-state index is 12.0. The second-order valence-corrected chi connectivity index (χ2v) is 5.42. The first-order chi connectivity index (χ1) is 11.6. The molecule has 0 bridgehead atoms. The zero-order chi connectivity index (χ0) is 17.1. The lowest BCUT2D eigenvalue weighted by atomic mass is 9.95. The molecule has 6 heteroatoms. The summed E-state index contributed by atoms with van der Waals surface area (Å²) in [6, 6.07) is 16.2. The van der Waals surface area contributed by atoms with E-state index in [1.807, 2.05) is 31.2 Å². The van der Waals surface area contributed by atoms with Crippen LogP contribution in [0.2, 0.25) is 0 Å². The summed E-state index contributed by atoms with van der Waals surface area (Å²) in [6.07, 6.45) is 0.832. The molecule has 4 rings (SSSR count). The monoisotopic (exact) mass is 321 g/mol. The Morgan fingerprint density at radius 2 is 1.67 bits per heavy atom. The largest absolute Gasteiger partial charge is 0.356 e. The maximum atomic E-state index is 12.0. The molecule has 2 aliphatic rings. The third-order valence-electron chi connectivity index (χ3n) is 3.94. The number of aromatic nitrogens is 3. The van der Waals surface area contributed by atoms with Gasteiger partial charge in [0.15, 0.2) is 0 Å². The van der Waals surface area contributed by atoms with Crippen LogP contribution in [-0.4, -0.2) is 14.5 Å². The molecule has 0 unspecified atom stereocenters. The molecule has 0 spiro atoms. The number of aryl methyl sites for hydroxylation is 2. The molecule has 122 valence electrons. The highest BCUT2D eigenvalue weighted by molar-refractivity contribution is 5.75. The van der Waals surface area contributed by atoms with E-state index in [1.165, 1.54) is 15.7 Å². The van der Waals surface area contributed by atoms with Crippen LogP contribution >= 0.6 is 0 Å². The fourth-order valence-electron chi connectivity index (χ4n) is 2.54. The molecule has 0 aliphatic heterocycles. The first kappa shape index (κ1) is 15.9. The van der Waals surface area contributed by atoms with Crippen LogP contribution < -0.4 is 17.0 Å². The van der Waals surface area contributed by atoms with Crippen molar-refractivity contribution in [3.63, 3.8) is 0 Å². The van der Waals surface area contributed by atoms with Gasteiger partial charge in [-0.3, -0.25) is 5.43 Å². The Morgan fingerprint density at radius 1 is 1.04 bits per heavy atom. The SMILES string of the molecule is CCc1ccccc1-n1c(C)nc(NN)nc1=O.c1cc2ccc1-2. The standard InChI is InChI=1S/C12H15N5O.C6H4/c1-3-9-6-4-5-7-10(9)17-8(2)14-11(16-13)15-12(17)18;1-2-6-4-3-5(1)6/h4-7H,3,13H2,1-2H3,(H,15,16,18);1-4H. The van der Waals surface area contributed by atoms with Crippen LogP contribution in [0.4, 0.5) is 5.95 Å². The van der Waals surface area contributed by atoms with Crippen LogP contribution in [0.15, 0.2) is 53.3 Å². The Hall–Kier alpha value is -2.99. The average molecular weight is 321 g/mol. The van der Waals surface area contributed by atoms with E-state index >= 15 is 0 Å². The third kappa shape index (κ3) is 2.91. The van der Waals surface area contributed by atoms with Crippen LogP contribution in [0.1, 0.15) is 18.3 Å². The van der Waals surface area contributed by atoms with Crippen molar-refractivity contribution in [2.24, 2.45) is 5.84 Å². The second-order valence-electron chi connectivity index (χ2n) is 5.42. The molecule has 24 heavy (non-hydrogen) atoms. The van der Waals surface area contributed by atoms with Crippen LogP contribution in [0.3, 0.4) is 0 Å². The molecule has 6 nitrogen and oxygen atoms in total. The first-order valence-corrected chi connectivity index (χ1v) is 7.77. The van der Waals surface area contributed by atoms with Gasteiger partial charge in [-0.2, -0.15) is 9.97 Å². The number of hydrogen-bond acceptors (Lipinski definition) is 5. The molecule has 0 saturated carbocycles. The van der Waals surface area contributed by atoms with Gasteiger partial charge in [-0.15, -0.1) is 0 Å². The lowest BCUT2D eigenvalue weighted by Gasteiger charge is -2.12. The molecular weight excluding hydrogens is 302 g/mol. The molecule has 1 heterocycles. The fraction of sp³-hybridized carbons (Fsp3) is 0.167. The Kier molecular flexibility index (Phi) is 4.39. The molecule has 1 aromatic heterocycles. The Labute approximate surface area is 140 Å². The maximum Gasteiger partial charge on any atom is 0.356 e. The summed E-state index contributed by atoms with van der Waals surface area (Å²) in [5.74, 6) is 5.88. The molecule has 0 fully saturated rings. The van der Waals surface area contributed by atoms with Gasteiger partial charge in [0, 0.05) is 0 Å². The summed E-state index contributed by atoms with van der Waals surface area (Å²) >= 11 is 0. The Bertz CT molecular complexity index is 894. The van der Waals surface area contributed by atoms with Crippen molar-refractivity contribution in [3.8, 4) is 16.8 Å². The van der Waals surface area contributed by atoms with Gasteiger partial charge in [0.1, 0.15) is 5.82 Å². The highest BCUT2D eigenvalue weighted by atomic mass is 16.1. The summed E-state index contributed by atoms with van der Waals surface area (Å²) in [6.45, 7) is 3.78. The first-order valence-electron chi connectivity index (χ1n) is 7.77. The normalized spacial score (nSPS) is 10.6. The van der Waals surface area contributed by atoms with Gasteiger partial charge in [-0.1, -0.05) is 49.4 Å². The van der Waals surface area contributed by atoms with E-state index in [-0.39, 0.29) is 5.95 Å². The summed E-state index contributed by atoms with van der Waals surface area (Å²) < 4.78 is 1.49. The number of rotatable bonds is 3. The molecule has 3 N–H and O–H groups in total. The van der Waals surface area contributed by atoms with Crippen molar-refractivity contribution in [2.45, 2.75) is 20.3 Å². The average Bonchev–Trinajstić information content (AvgIpc) is 2.58. The van der Waals surface area contributed by atoms with Crippen LogP contribution in [0.25, 0.3) is 16.8 Å². The quantitative estimate of drug-likeness (QED) is 0.447. The molecule has 2 aliphatic carbocycles. The number of nitrogens with zero attached hydrogens (tertiary/aromatic N) is 3. The number of nitrogens with two attached hydrogens (primary N) is 1. The lowest BCUT2D eigenvalue weighted by molar-refractivity contribution is 0.802. The van der Waals surface area contributed by atoms with E-state index in [0.29, 0.717) is 5.82 Å². The van der Waals surface area contributed by atoms with Gasteiger partial charge in [-0.05, 0) is 36.1 Å². The van der Waals surface area contributed by atoms with E-state index in [4.69, 9.17) is 5.84 Å². The smallest absolute Gasteiger partial charge is 0.292 e. The van der Waals surface area contributed by atoms with Crippen molar-refractivity contribution >= 4 is 5.95 Å². The minimum Gasteiger partial charge on any atom is -0.292 e. The van der Waals surface area contributed by atoms with E-state index in [2.05, 4.69) is 39.7 Å². The van der Waals surface area contributed by atoms with Crippen molar-refractivity contribution in [1.29, 1.82) is 0 Å².